The van der Waals surface area contributed by atoms with Gasteiger partial charge in [-0.05, 0) is 49.2 Å². The van der Waals surface area contributed by atoms with Gasteiger partial charge in [0.05, 0.1) is 29.6 Å². The monoisotopic (exact) mass is 640 g/mol. The Morgan fingerprint density at radius 2 is 2.02 bits per heavy atom. The third-order valence-electron chi connectivity index (χ3n) is 6.35. The Hall–Kier alpha value is -5.13. The highest BCUT2D eigenvalue weighted by atomic mass is 35.5. The topological polar surface area (TPSA) is 214 Å². The third-order valence-corrected chi connectivity index (χ3v) is 6.64. The van der Waals surface area contributed by atoms with Crippen molar-refractivity contribution in [1.82, 2.24) is 15.3 Å². The number of benzene rings is 2. The number of halogens is 2. The van der Waals surface area contributed by atoms with Crippen molar-refractivity contribution in [2.24, 2.45) is 16.8 Å². The van der Waals surface area contributed by atoms with Crippen LogP contribution in [0.4, 0.5) is 21.5 Å². The minimum absolute atomic E-state index is 0.0193. The average molecular weight is 641 g/mol. The number of anilines is 3. The molecule has 9 N–H and O–H groups in total. The first-order valence-corrected chi connectivity index (χ1v) is 14.5. The molecular formula is C30H38ClFN10O3. The molecule has 0 unspecified atom stereocenters. The summed E-state index contributed by atoms with van der Waals surface area (Å²) in [6.45, 7) is 5.10. The maximum absolute atomic E-state index is 14.8. The van der Waals surface area contributed by atoms with Crippen molar-refractivity contribution in [3.8, 4) is 17.3 Å². The lowest BCUT2D eigenvalue weighted by atomic mass is 10.1. The first-order chi connectivity index (χ1) is 21.7. The van der Waals surface area contributed by atoms with Gasteiger partial charge in [0, 0.05) is 35.1 Å². The highest BCUT2D eigenvalue weighted by Gasteiger charge is 2.23. The molecule has 0 saturated carbocycles. The second-order valence-electron chi connectivity index (χ2n) is 9.23. The number of nitrogens with zero attached hydrogens (tertiary/aromatic N) is 4. The van der Waals surface area contributed by atoms with E-state index in [2.05, 4.69) is 36.5 Å². The number of rotatable bonds is 6. The number of nitriles is 1. The van der Waals surface area contributed by atoms with Gasteiger partial charge in [0.15, 0.2) is 11.5 Å². The zero-order chi connectivity index (χ0) is 33.4. The molecule has 240 valence electrons. The van der Waals surface area contributed by atoms with Crippen LogP contribution >= 0.6 is 11.6 Å². The van der Waals surface area contributed by atoms with Crippen LogP contribution in [0.3, 0.4) is 0 Å². The summed E-state index contributed by atoms with van der Waals surface area (Å²) in [6, 6.07) is 9.82. The molecule has 13 nitrogen and oxygen atoms in total. The number of hydrazone groups is 1. The van der Waals surface area contributed by atoms with Crippen LogP contribution in [0, 0.1) is 17.1 Å². The predicted molar refractivity (Wildman–Crippen MR) is 175 cm³/mol. The Morgan fingerprint density at radius 3 is 2.69 bits per heavy atom. The minimum atomic E-state index is -0.757. The number of aromatic nitrogens is 2. The molecule has 2 aromatic carbocycles. The van der Waals surface area contributed by atoms with E-state index < -0.39 is 17.8 Å². The van der Waals surface area contributed by atoms with E-state index in [0.717, 1.165) is 48.4 Å². The normalized spacial score (nSPS) is 14.1. The number of hydrogen-bond donors (Lipinski definition) is 6. The van der Waals surface area contributed by atoms with Gasteiger partial charge < -0.3 is 31.9 Å². The number of imidazole rings is 1. The maximum atomic E-state index is 14.8. The Morgan fingerprint density at radius 1 is 1.29 bits per heavy atom. The molecule has 2 heterocycles. The fourth-order valence-corrected chi connectivity index (χ4v) is 4.53. The molecular weight excluding hydrogens is 603 g/mol. The molecule has 4 rings (SSSR count). The van der Waals surface area contributed by atoms with E-state index in [4.69, 9.17) is 33.8 Å². The van der Waals surface area contributed by atoms with Gasteiger partial charge in [-0.15, -0.1) is 0 Å². The number of fused-ring (bicyclic) bond motifs is 4. The molecule has 0 fully saturated rings. The van der Waals surface area contributed by atoms with Crippen LogP contribution < -0.4 is 33.1 Å². The number of amides is 1. The lowest BCUT2D eigenvalue weighted by molar-refractivity contribution is -0.126. The van der Waals surface area contributed by atoms with E-state index in [0.29, 0.717) is 30.1 Å². The van der Waals surface area contributed by atoms with E-state index in [1.807, 2.05) is 26.0 Å². The number of hydrazine groups is 1. The Labute approximate surface area is 266 Å². The van der Waals surface area contributed by atoms with Gasteiger partial charge in [-0.25, -0.2) is 15.2 Å². The standard InChI is InChI=1S/C26H28ClFN10O.C2H4O2.C2H6/c27-18-8-9-22(38(32)14-34-31)17(24(18)28)7-10-23(39)35-19-4-2-1-3-11-33-20-12-15(30)5-6-16(20)25-21(13-29)36-26(19)37-25;1-4-2-3;1-2/h5-10,12,14,19,33H,1-4,11,30-32H2,(H,35,39)(H,36,37);2H,1H3;1-2H3/b10-7+,34-14-;;/t19-;;/m0../s1. The molecule has 15 heteroatoms. The van der Waals surface area contributed by atoms with Crippen LogP contribution in [0.1, 0.15) is 62.7 Å². The van der Waals surface area contributed by atoms with Crippen LogP contribution in [-0.4, -0.2) is 42.3 Å². The Bertz CT molecular complexity index is 1540. The van der Waals surface area contributed by atoms with E-state index in [-0.39, 0.29) is 22.0 Å². The van der Waals surface area contributed by atoms with Crippen molar-refractivity contribution in [2.75, 3.05) is 29.7 Å². The zero-order valence-corrected chi connectivity index (χ0v) is 26.1. The van der Waals surface area contributed by atoms with Crippen LogP contribution in [0.5, 0.6) is 0 Å². The number of aromatic amines is 1. The fraction of sp³-hybridized carbons (Fsp3) is 0.300. The lowest BCUT2D eigenvalue weighted by Crippen LogP contribution is -2.30. The Kier molecular flexibility index (Phi) is 14.8. The number of H-pyrrole nitrogens is 1. The Balaban J connectivity index is 0.00000109. The molecule has 1 aliphatic heterocycles. The van der Waals surface area contributed by atoms with Crippen molar-refractivity contribution in [1.29, 1.82) is 5.26 Å². The number of ether oxygens (including phenoxy) is 1. The molecule has 2 bridgehead atoms. The number of methoxy groups -OCH3 is 1. The predicted octanol–water partition coefficient (Wildman–Crippen LogP) is 4.58. The SMILES string of the molecule is CC.COC=O.N#Cc1nc2[nH]c1-c1ccc(N)cc1NCCCCC[C@@H]2NC(=O)/C=C/c1c(N(N)/C=N\N)ccc(Cl)c1F. The van der Waals surface area contributed by atoms with Gasteiger partial charge in [0.25, 0.3) is 6.47 Å². The molecule has 3 aromatic rings. The first kappa shape index (κ1) is 36.1. The van der Waals surface area contributed by atoms with E-state index >= 15 is 0 Å². The molecule has 0 spiro atoms. The van der Waals surface area contributed by atoms with Gasteiger partial charge in [0.1, 0.15) is 18.2 Å². The minimum Gasteiger partial charge on any atom is -0.471 e. The summed E-state index contributed by atoms with van der Waals surface area (Å²) in [7, 11) is 1.31. The molecule has 1 aromatic heterocycles. The van der Waals surface area contributed by atoms with Crippen molar-refractivity contribution >= 4 is 53.5 Å². The molecule has 1 aliphatic rings. The van der Waals surface area contributed by atoms with Gasteiger partial charge in [-0.1, -0.05) is 38.3 Å². The number of carbonyl (C=O) groups is 2. The van der Waals surface area contributed by atoms with E-state index in [9.17, 15) is 14.4 Å². The third kappa shape index (κ3) is 9.95. The van der Waals surface area contributed by atoms with Crippen LogP contribution in [0.25, 0.3) is 17.3 Å². The molecule has 0 radical (unpaired) electrons. The fourth-order valence-electron chi connectivity index (χ4n) is 4.36. The van der Waals surface area contributed by atoms with Gasteiger partial charge >= 0.3 is 0 Å². The van der Waals surface area contributed by atoms with Crippen molar-refractivity contribution < 1.29 is 18.7 Å². The largest absolute Gasteiger partial charge is 0.471 e. The second kappa shape index (κ2) is 18.5. The van der Waals surface area contributed by atoms with Crippen molar-refractivity contribution in [3.05, 3.63) is 64.3 Å². The molecule has 0 saturated heterocycles. The summed E-state index contributed by atoms with van der Waals surface area (Å²) in [5.41, 5.74) is 9.03. The number of nitrogens with one attached hydrogen (secondary N) is 3. The highest BCUT2D eigenvalue weighted by Crippen LogP contribution is 2.33. The van der Waals surface area contributed by atoms with Crippen molar-refractivity contribution in [2.45, 2.75) is 45.6 Å². The lowest BCUT2D eigenvalue weighted by Gasteiger charge is -2.18. The quantitative estimate of drug-likeness (QED) is 0.0419. The summed E-state index contributed by atoms with van der Waals surface area (Å²) < 4.78 is 18.7. The summed E-state index contributed by atoms with van der Waals surface area (Å²) in [4.78, 5) is 29.7. The number of nitrogens with two attached hydrogens (primary N) is 3. The first-order valence-electron chi connectivity index (χ1n) is 14.1. The summed E-state index contributed by atoms with van der Waals surface area (Å²) in [6.07, 6.45) is 6.71. The molecule has 45 heavy (non-hydrogen) atoms. The van der Waals surface area contributed by atoms with Gasteiger partial charge in [0.2, 0.25) is 5.91 Å². The van der Waals surface area contributed by atoms with Gasteiger partial charge in [-0.3, -0.25) is 14.6 Å². The zero-order valence-electron chi connectivity index (χ0n) is 25.3. The van der Waals surface area contributed by atoms with Gasteiger partial charge in [-0.2, -0.15) is 10.4 Å². The van der Waals surface area contributed by atoms with Crippen LogP contribution in [0.2, 0.25) is 5.02 Å². The molecule has 1 atom stereocenters. The average Bonchev–Trinajstić information content (AvgIpc) is 3.48. The molecule has 0 aliphatic carbocycles. The second-order valence-corrected chi connectivity index (χ2v) is 9.64. The van der Waals surface area contributed by atoms with Crippen LogP contribution in [-0.2, 0) is 14.3 Å². The maximum Gasteiger partial charge on any atom is 0.292 e. The number of nitrogen functional groups attached to an aromatic ring is 1. The molecule has 1 amide bonds. The number of hydrogen-bond acceptors (Lipinski definition) is 10. The van der Waals surface area contributed by atoms with E-state index in [1.54, 1.807) is 6.07 Å². The smallest absolute Gasteiger partial charge is 0.292 e. The summed E-state index contributed by atoms with van der Waals surface area (Å²) >= 11 is 5.95. The number of carbonyl (C=O) groups excluding carboxylic acids is 2. The summed E-state index contributed by atoms with van der Waals surface area (Å²) in [5.74, 6) is 10.2. The van der Waals surface area contributed by atoms with Crippen molar-refractivity contribution in [3.63, 3.8) is 0 Å². The van der Waals surface area contributed by atoms with E-state index in [1.165, 1.54) is 31.4 Å². The summed E-state index contributed by atoms with van der Waals surface area (Å²) in [5, 5.41) is 20.3. The highest BCUT2D eigenvalue weighted by molar-refractivity contribution is 6.31. The van der Waals surface area contributed by atoms with Crippen LogP contribution in [0.15, 0.2) is 41.5 Å².